The van der Waals surface area contributed by atoms with E-state index in [4.69, 9.17) is 23.2 Å². The quantitative estimate of drug-likeness (QED) is 0.197. The first-order chi connectivity index (χ1) is 22.3. The van der Waals surface area contributed by atoms with Crippen LogP contribution >= 0.6 is 23.2 Å². The molecule has 2 atom stereocenters. The zero-order valence-corrected chi connectivity index (χ0v) is 26.7. The van der Waals surface area contributed by atoms with Crippen molar-refractivity contribution in [2.24, 2.45) is 11.8 Å². The van der Waals surface area contributed by atoms with Crippen molar-refractivity contribution < 1.29 is 14.3 Å². The van der Waals surface area contributed by atoms with Crippen LogP contribution in [0.4, 0.5) is 10.5 Å². The topological polar surface area (TPSA) is 140 Å². The molecular formula is C32H33Cl2N9O3. The van der Waals surface area contributed by atoms with E-state index >= 15 is 0 Å². The van der Waals surface area contributed by atoms with E-state index < -0.39 is 12.1 Å². The van der Waals surface area contributed by atoms with Gasteiger partial charge in [-0.05, 0) is 103 Å². The molecule has 12 nitrogen and oxygen atoms in total. The second-order valence-corrected chi connectivity index (χ2v) is 12.4. The van der Waals surface area contributed by atoms with Gasteiger partial charge >= 0.3 is 6.09 Å². The van der Waals surface area contributed by atoms with Crippen LogP contribution < -0.4 is 10.6 Å². The number of hydrogen-bond donors (Lipinski definition) is 2. The van der Waals surface area contributed by atoms with E-state index in [9.17, 15) is 9.59 Å². The Balaban J connectivity index is 1.24. The number of carbonyl (C=O) groups excluding carboxylic acids is 2. The number of anilines is 1. The van der Waals surface area contributed by atoms with Gasteiger partial charge in [0.2, 0.25) is 5.91 Å². The molecule has 46 heavy (non-hydrogen) atoms. The smallest absolute Gasteiger partial charge is 0.411 e. The van der Waals surface area contributed by atoms with E-state index in [1.165, 1.54) is 37.0 Å². The summed E-state index contributed by atoms with van der Waals surface area (Å²) in [6.45, 7) is 3.18. The van der Waals surface area contributed by atoms with Crippen LogP contribution in [0.2, 0.25) is 10.2 Å². The van der Waals surface area contributed by atoms with Crippen LogP contribution in [0.25, 0.3) is 22.9 Å². The van der Waals surface area contributed by atoms with Crippen LogP contribution in [0.5, 0.6) is 0 Å². The maximum Gasteiger partial charge on any atom is 0.411 e. The number of methoxy groups -OCH3 is 1. The summed E-state index contributed by atoms with van der Waals surface area (Å²) in [7, 11) is 1.31. The lowest BCUT2D eigenvalue weighted by Gasteiger charge is -2.22. The highest BCUT2D eigenvalue weighted by Gasteiger charge is 2.31. The first kappa shape index (κ1) is 31.6. The Morgan fingerprint density at radius 2 is 1.89 bits per heavy atom. The van der Waals surface area contributed by atoms with Crippen LogP contribution in [-0.2, 0) is 9.53 Å². The number of tetrazole rings is 1. The molecule has 1 saturated heterocycles. The predicted molar refractivity (Wildman–Crippen MR) is 174 cm³/mol. The highest BCUT2D eigenvalue weighted by atomic mass is 35.5. The van der Waals surface area contributed by atoms with E-state index in [1.54, 1.807) is 36.4 Å². The SMILES string of the molecule is COC(=O)Nc1ccc(-c2cc(C(CC3CCN(CC4CC4)C3)NC(=O)C=Cc3cc(Cl)ccc3-n3cnnn3)nnc2Cl)cc1. The summed E-state index contributed by atoms with van der Waals surface area (Å²) >= 11 is 12.8. The lowest BCUT2D eigenvalue weighted by Crippen LogP contribution is -2.30. The molecule has 6 rings (SSSR count). The van der Waals surface area contributed by atoms with Gasteiger partial charge in [-0.2, -0.15) is 9.78 Å². The number of nitrogens with zero attached hydrogens (tertiary/aromatic N) is 7. The number of benzene rings is 2. The number of nitrogens with one attached hydrogen (secondary N) is 2. The van der Waals surface area contributed by atoms with E-state index in [1.807, 2.05) is 18.2 Å². The van der Waals surface area contributed by atoms with Crippen molar-refractivity contribution in [2.45, 2.75) is 31.7 Å². The highest BCUT2D eigenvalue weighted by Crippen LogP contribution is 2.35. The zero-order valence-electron chi connectivity index (χ0n) is 25.1. The monoisotopic (exact) mass is 661 g/mol. The molecule has 238 valence electrons. The fourth-order valence-electron chi connectivity index (χ4n) is 5.71. The first-order valence-electron chi connectivity index (χ1n) is 15.1. The molecule has 0 bridgehead atoms. The minimum absolute atomic E-state index is 0.231. The van der Waals surface area contributed by atoms with E-state index in [2.05, 4.69) is 46.0 Å². The Labute approximate surface area is 276 Å². The van der Waals surface area contributed by atoms with Gasteiger partial charge in [0, 0.05) is 41.0 Å². The summed E-state index contributed by atoms with van der Waals surface area (Å²) in [6.07, 6.45) is 8.46. The minimum Gasteiger partial charge on any atom is -0.453 e. The van der Waals surface area contributed by atoms with Gasteiger partial charge in [-0.1, -0.05) is 35.3 Å². The third-order valence-corrected chi connectivity index (χ3v) is 8.74. The second-order valence-electron chi connectivity index (χ2n) is 11.6. The summed E-state index contributed by atoms with van der Waals surface area (Å²) in [6, 6.07) is 13.9. The molecule has 3 heterocycles. The van der Waals surface area contributed by atoms with Crippen LogP contribution in [0, 0.1) is 11.8 Å². The fraction of sp³-hybridized carbons (Fsp3) is 0.344. The third kappa shape index (κ3) is 8.06. The average molecular weight is 663 g/mol. The van der Waals surface area contributed by atoms with Crippen LogP contribution in [-0.4, -0.2) is 74.0 Å². The molecule has 4 aromatic rings. The summed E-state index contributed by atoms with van der Waals surface area (Å²) in [5.41, 5.74) is 3.99. The lowest BCUT2D eigenvalue weighted by molar-refractivity contribution is -0.117. The largest absolute Gasteiger partial charge is 0.453 e. The maximum atomic E-state index is 13.4. The van der Waals surface area contributed by atoms with Gasteiger partial charge in [-0.3, -0.25) is 10.1 Å². The Kier molecular flexibility index (Phi) is 9.86. The van der Waals surface area contributed by atoms with E-state index in [0.29, 0.717) is 45.6 Å². The van der Waals surface area contributed by atoms with E-state index in [0.717, 1.165) is 37.5 Å². The van der Waals surface area contributed by atoms with Crippen molar-refractivity contribution in [1.29, 1.82) is 0 Å². The standard InChI is InChI=1S/C32H33Cl2N9O3/c1-46-32(45)36-25-8-4-22(5-9-25)26-16-28(38-39-31(26)34)27(14-21-12-13-42(18-21)17-20-2-3-20)37-30(44)11-6-23-15-24(33)7-10-29(23)43-19-35-40-41-43/h4-11,15-16,19-21,27H,2-3,12-14,17-18H2,1H3,(H,36,45)(H,37,44). The molecule has 2 unspecified atom stereocenters. The molecule has 0 radical (unpaired) electrons. The van der Waals surface area contributed by atoms with Crippen molar-refractivity contribution in [2.75, 3.05) is 32.1 Å². The van der Waals surface area contributed by atoms with Crippen molar-refractivity contribution in [1.82, 2.24) is 40.6 Å². The van der Waals surface area contributed by atoms with Gasteiger partial charge in [0.25, 0.3) is 0 Å². The van der Waals surface area contributed by atoms with Gasteiger partial charge in [0.15, 0.2) is 5.15 Å². The van der Waals surface area contributed by atoms with Gasteiger partial charge in [0.1, 0.15) is 6.33 Å². The van der Waals surface area contributed by atoms with Crippen LogP contribution in [0.15, 0.2) is 60.9 Å². The molecule has 2 aliphatic rings. The number of ether oxygens (including phenoxy) is 1. The molecule has 2 N–H and O–H groups in total. The van der Waals surface area contributed by atoms with Crippen molar-refractivity contribution in [3.8, 4) is 16.8 Å². The molecular weight excluding hydrogens is 629 g/mol. The van der Waals surface area contributed by atoms with Gasteiger partial charge in [-0.25, -0.2) is 4.79 Å². The molecule has 2 fully saturated rings. The van der Waals surface area contributed by atoms with Gasteiger partial charge in [0.05, 0.1) is 24.5 Å². The fourth-order valence-corrected chi connectivity index (χ4v) is 6.10. The van der Waals surface area contributed by atoms with Gasteiger partial charge < -0.3 is 15.0 Å². The average Bonchev–Trinajstić information content (AvgIpc) is 3.49. The van der Waals surface area contributed by atoms with Gasteiger partial charge in [-0.15, -0.1) is 10.2 Å². The summed E-state index contributed by atoms with van der Waals surface area (Å²) < 4.78 is 6.18. The first-order valence-corrected chi connectivity index (χ1v) is 15.8. The number of rotatable bonds is 11. The number of aromatic nitrogens is 6. The third-order valence-electron chi connectivity index (χ3n) is 8.22. The minimum atomic E-state index is -0.559. The predicted octanol–water partition coefficient (Wildman–Crippen LogP) is 5.60. The number of amides is 2. The number of halogens is 2. The Bertz CT molecular complexity index is 1710. The second kappa shape index (κ2) is 14.4. The zero-order chi connectivity index (χ0) is 32.0. The molecule has 1 aliphatic carbocycles. The Morgan fingerprint density at radius 1 is 1.07 bits per heavy atom. The molecule has 1 aliphatic heterocycles. The summed E-state index contributed by atoms with van der Waals surface area (Å²) in [5, 5.41) is 26.6. The molecule has 0 spiro atoms. The highest BCUT2D eigenvalue weighted by molar-refractivity contribution is 6.32. The molecule has 14 heteroatoms. The Morgan fingerprint density at radius 3 is 2.63 bits per heavy atom. The van der Waals surface area contributed by atoms with Crippen LogP contribution in [0.3, 0.4) is 0 Å². The maximum absolute atomic E-state index is 13.4. The summed E-state index contributed by atoms with van der Waals surface area (Å²) in [4.78, 5) is 27.6. The van der Waals surface area contributed by atoms with E-state index in [-0.39, 0.29) is 11.1 Å². The number of likely N-dealkylation sites (tertiary alicyclic amines) is 1. The summed E-state index contributed by atoms with van der Waals surface area (Å²) in [5.74, 6) is 0.914. The van der Waals surface area contributed by atoms with Crippen LogP contribution in [0.1, 0.15) is 43.0 Å². The molecule has 2 amide bonds. The molecule has 2 aromatic heterocycles. The number of hydrogen-bond acceptors (Lipinski definition) is 9. The number of carbonyl (C=O) groups is 2. The molecule has 2 aromatic carbocycles. The Hall–Kier alpha value is -4.39. The lowest BCUT2D eigenvalue weighted by atomic mass is 9.95. The van der Waals surface area contributed by atoms with Crippen molar-refractivity contribution >= 4 is 47.0 Å². The van der Waals surface area contributed by atoms with Crippen molar-refractivity contribution in [3.63, 3.8) is 0 Å². The van der Waals surface area contributed by atoms with Crippen molar-refractivity contribution in [3.05, 3.63) is 82.4 Å². The normalized spacial score (nSPS) is 17.2. The molecule has 1 saturated carbocycles.